The Kier molecular flexibility index (Phi) is 6.23. The zero-order chi connectivity index (χ0) is 19.5. The first-order valence-electron chi connectivity index (χ1n) is 11.5. The van der Waals surface area contributed by atoms with Gasteiger partial charge in [-0.1, -0.05) is 38.3 Å². The zero-order valence-electron chi connectivity index (χ0n) is 17.6. The third kappa shape index (κ3) is 4.07. The van der Waals surface area contributed by atoms with Crippen LogP contribution in [-0.4, -0.2) is 6.61 Å². The van der Waals surface area contributed by atoms with E-state index >= 15 is 4.39 Å². The molecule has 0 heterocycles. The molecule has 2 aromatic rings. The first kappa shape index (κ1) is 19.7. The number of halogens is 1. The van der Waals surface area contributed by atoms with Crippen LogP contribution in [0.15, 0.2) is 30.3 Å². The summed E-state index contributed by atoms with van der Waals surface area (Å²) in [4.78, 5) is 0. The van der Waals surface area contributed by atoms with E-state index in [9.17, 15) is 0 Å². The molecule has 0 N–H and O–H groups in total. The van der Waals surface area contributed by atoms with Crippen molar-refractivity contribution in [3.63, 3.8) is 0 Å². The fraction of sp³-hybridized carbons (Fsp3) is 0.615. The van der Waals surface area contributed by atoms with Crippen LogP contribution in [0, 0.1) is 23.6 Å². The Morgan fingerprint density at radius 3 is 2.18 bits per heavy atom. The van der Waals surface area contributed by atoms with Crippen molar-refractivity contribution < 1.29 is 9.13 Å². The summed E-state index contributed by atoms with van der Waals surface area (Å²) in [5.41, 5.74) is 0.935. The van der Waals surface area contributed by atoms with Crippen molar-refractivity contribution in [2.45, 2.75) is 77.6 Å². The fourth-order valence-electron chi connectivity index (χ4n) is 5.83. The van der Waals surface area contributed by atoms with E-state index in [0.717, 1.165) is 52.7 Å². The van der Waals surface area contributed by atoms with Crippen molar-refractivity contribution in [3.8, 4) is 5.75 Å². The normalized spacial score (nSPS) is 28.4. The standard InChI is InChI=1S/C26H35FO/c1-3-18-5-7-19(8-6-18)20-9-11-21(12-10-20)24-15-13-22-17-23(28-4-2)14-16-25(22)26(24)27/h13-21H,3-12H2,1-2H3. The van der Waals surface area contributed by atoms with Gasteiger partial charge in [0.1, 0.15) is 11.6 Å². The zero-order valence-corrected chi connectivity index (χ0v) is 17.6. The van der Waals surface area contributed by atoms with Gasteiger partial charge < -0.3 is 4.74 Å². The molecule has 0 saturated heterocycles. The Balaban J connectivity index is 1.42. The number of fused-ring (bicyclic) bond motifs is 1. The number of hydrogen-bond acceptors (Lipinski definition) is 1. The summed E-state index contributed by atoms with van der Waals surface area (Å²) in [5.74, 6) is 3.99. The summed E-state index contributed by atoms with van der Waals surface area (Å²) < 4.78 is 20.8. The van der Waals surface area contributed by atoms with Crippen LogP contribution < -0.4 is 4.74 Å². The van der Waals surface area contributed by atoms with Crippen molar-refractivity contribution in [1.29, 1.82) is 0 Å². The summed E-state index contributed by atoms with van der Waals surface area (Å²) in [6.45, 7) is 4.95. The van der Waals surface area contributed by atoms with Crippen LogP contribution in [0.2, 0.25) is 0 Å². The topological polar surface area (TPSA) is 9.23 Å². The second-order valence-electron chi connectivity index (χ2n) is 9.09. The molecule has 4 rings (SSSR count). The Morgan fingerprint density at radius 1 is 0.857 bits per heavy atom. The lowest BCUT2D eigenvalue weighted by atomic mass is 9.68. The summed E-state index contributed by atoms with van der Waals surface area (Å²) in [7, 11) is 0. The Bertz CT molecular complexity index is 782. The molecule has 152 valence electrons. The molecule has 2 aliphatic rings. The number of hydrogen-bond donors (Lipinski definition) is 0. The summed E-state index contributed by atoms with van der Waals surface area (Å²) in [5, 5.41) is 1.68. The minimum Gasteiger partial charge on any atom is -0.494 e. The number of rotatable bonds is 5. The third-order valence-corrected chi connectivity index (χ3v) is 7.61. The Labute approximate surface area is 169 Å². The molecule has 0 aliphatic heterocycles. The van der Waals surface area contributed by atoms with Gasteiger partial charge in [0.25, 0.3) is 0 Å². The van der Waals surface area contributed by atoms with Gasteiger partial charge in [-0.3, -0.25) is 0 Å². The molecular formula is C26H35FO. The maximum atomic E-state index is 15.3. The average Bonchev–Trinajstić information content (AvgIpc) is 2.74. The van der Waals surface area contributed by atoms with Gasteiger partial charge in [-0.05, 0) is 98.3 Å². The molecule has 0 amide bonds. The van der Waals surface area contributed by atoms with E-state index in [0.29, 0.717) is 12.5 Å². The van der Waals surface area contributed by atoms with E-state index in [1.807, 2.05) is 31.2 Å². The highest BCUT2D eigenvalue weighted by Gasteiger charge is 2.31. The lowest BCUT2D eigenvalue weighted by Gasteiger charge is -2.38. The van der Waals surface area contributed by atoms with Gasteiger partial charge in [0, 0.05) is 5.39 Å². The highest BCUT2D eigenvalue weighted by atomic mass is 19.1. The van der Waals surface area contributed by atoms with Crippen LogP contribution in [-0.2, 0) is 0 Å². The Hall–Kier alpha value is -1.57. The SMILES string of the molecule is CCOc1ccc2c(F)c(C3CCC(C4CCC(CC)CC4)CC3)ccc2c1. The van der Waals surface area contributed by atoms with E-state index in [-0.39, 0.29) is 5.82 Å². The second kappa shape index (κ2) is 8.84. The van der Waals surface area contributed by atoms with Crippen molar-refractivity contribution in [2.75, 3.05) is 6.61 Å². The van der Waals surface area contributed by atoms with E-state index in [1.54, 1.807) is 0 Å². The minimum absolute atomic E-state index is 0.00699. The quantitative estimate of drug-likeness (QED) is 0.511. The van der Waals surface area contributed by atoms with Crippen LogP contribution >= 0.6 is 0 Å². The second-order valence-corrected chi connectivity index (χ2v) is 9.09. The maximum Gasteiger partial charge on any atom is 0.134 e. The molecular weight excluding hydrogens is 347 g/mol. The van der Waals surface area contributed by atoms with E-state index < -0.39 is 0 Å². The molecule has 0 atom stereocenters. The molecule has 0 radical (unpaired) electrons. The molecule has 0 spiro atoms. The lowest BCUT2D eigenvalue weighted by molar-refractivity contribution is 0.158. The maximum absolute atomic E-state index is 15.3. The van der Waals surface area contributed by atoms with Gasteiger partial charge in [-0.25, -0.2) is 4.39 Å². The van der Waals surface area contributed by atoms with Crippen LogP contribution in [0.25, 0.3) is 10.8 Å². The monoisotopic (exact) mass is 382 g/mol. The molecule has 2 saturated carbocycles. The molecule has 2 aliphatic carbocycles. The van der Waals surface area contributed by atoms with Gasteiger partial charge in [0.15, 0.2) is 0 Å². The van der Waals surface area contributed by atoms with Crippen LogP contribution in [0.3, 0.4) is 0 Å². The largest absolute Gasteiger partial charge is 0.494 e. The molecule has 0 aromatic heterocycles. The highest BCUT2D eigenvalue weighted by molar-refractivity contribution is 5.85. The molecule has 0 bridgehead atoms. The summed E-state index contributed by atoms with van der Waals surface area (Å²) in [6.07, 6.45) is 12.0. The first-order valence-corrected chi connectivity index (χ1v) is 11.5. The minimum atomic E-state index is -0.00699. The van der Waals surface area contributed by atoms with E-state index in [1.165, 1.54) is 44.9 Å². The van der Waals surface area contributed by atoms with E-state index in [4.69, 9.17) is 4.74 Å². The van der Waals surface area contributed by atoms with Crippen molar-refractivity contribution in [1.82, 2.24) is 0 Å². The molecule has 1 nitrogen and oxygen atoms in total. The Morgan fingerprint density at radius 2 is 1.54 bits per heavy atom. The molecule has 2 fully saturated rings. The van der Waals surface area contributed by atoms with Gasteiger partial charge >= 0.3 is 0 Å². The van der Waals surface area contributed by atoms with Crippen molar-refractivity contribution in [2.24, 2.45) is 17.8 Å². The predicted molar refractivity (Wildman–Crippen MR) is 116 cm³/mol. The van der Waals surface area contributed by atoms with Crippen LogP contribution in [0.1, 0.15) is 83.1 Å². The van der Waals surface area contributed by atoms with Crippen molar-refractivity contribution in [3.05, 3.63) is 41.7 Å². The summed E-state index contributed by atoms with van der Waals surface area (Å²) >= 11 is 0. The predicted octanol–water partition coefficient (Wildman–Crippen LogP) is 7.87. The molecule has 2 aromatic carbocycles. The van der Waals surface area contributed by atoms with Gasteiger partial charge in [-0.2, -0.15) is 0 Å². The molecule has 0 unspecified atom stereocenters. The number of benzene rings is 2. The molecule has 2 heteroatoms. The summed E-state index contributed by atoms with van der Waals surface area (Å²) in [6, 6.07) is 9.84. The van der Waals surface area contributed by atoms with Crippen molar-refractivity contribution >= 4 is 10.8 Å². The van der Waals surface area contributed by atoms with Gasteiger partial charge in [0.05, 0.1) is 6.61 Å². The smallest absolute Gasteiger partial charge is 0.134 e. The first-order chi connectivity index (χ1) is 13.7. The van der Waals surface area contributed by atoms with Crippen LogP contribution in [0.4, 0.5) is 4.39 Å². The third-order valence-electron chi connectivity index (χ3n) is 7.61. The lowest BCUT2D eigenvalue weighted by Crippen LogP contribution is -2.25. The van der Waals surface area contributed by atoms with Gasteiger partial charge in [-0.15, -0.1) is 0 Å². The van der Waals surface area contributed by atoms with Gasteiger partial charge in [0.2, 0.25) is 0 Å². The molecule has 28 heavy (non-hydrogen) atoms. The average molecular weight is 383 g/mol. The van der Waals surface area contributed by atoms with Crippen LogP contribution in [0.5, 0.6) is 5.75 Å². The number of ether oxygens (including phenoxy) is 1. The van der Waals surface area contributed by atoms with E-state index in [2.05, 4.69) is 13.0 Å². The fourth-order valence-corrected chi connectivity index (χ4v) is 5.83. The highest BCUT2D eigenvalue weighted by Crippen LogP contribution is 2.45.